The van der Waals surface area contributed by atoms with E-state index in [1.54, 1.807) is 10.9 Å². The van der Waals surface area contributed by atoms with Gasteiger partial charge in [0.2, 0.25) is 5.95 Å². The van der Waals surface area contributed by atoms with E-state index in [0.717, 1.165) is 12.2 Å². The van der Waals surface area contributed by atoms with E-state index in [1.807, 2.05) is 13.2 Å². The van der Waals surface area contributed by atoms with Gasteiger partial charge in [-0.15, -0.1) is 0 Å². The molecule has 110 valence electrons. The van der Waals surface area contributed by atoms with Gasteiger partial charge in [-0.05, 0) is 18.8 Å². The summed E-state index contributed by atoms with van der Waals surface area (Å²) < 4.78 is 1.67. The van der Waals surface area contributed by atoms with Crippen LogP contribution in [0.15, 0.2) is 18.6 Å². The molecule has 0 unspecified atom stereocenters. The largest absolute Gasteiger partial charge is 0.369 e. The molecule has 1 aliphatic carbocycles. The third-order valence-electron chi connectivity index (χ3n) is 3.27. The Morgan fingerprint density at radius 2 is 2.29 bits per heavy atom. The lowest BCUT2D eigenvalue weighted by Crippen LogP contribution is -2.17. The number of amides is 1. The van der Waals surface area contributed by atoms with Crippen LogP contribution in [-0.4, -0.2) is 32.2 Å². The molecule has 0 aliphatic heterocycles. The molecule has 2 heterocycles. The number of carbonyl (C=O) groups excluding carboxylic acids is 1. The van der Waals surface area contributed by atoms with E-state index in [0.29, 0.717) is 23.2 Å². The molecular weight excluding hydrogens is 270 g/mol. The van der Waals surface area contributed by atoms with Crippen molar-refractivity contribution < 1.29 is 4.79 Å². The summed E-state index contributed by atoms with van der Waals surface area (Å²) in [6.45, 7) is 0.795. The van der Waals surface area contributed by atoms with Crippen molar-refractivity contribution in [1.29, 1.82) is 0 Å². The summed E-state index contributed by atoms with van der Waals surface area (Å²) in [4.78, 5) is 19.9. The highest BCUT2D eigenvalue weighted by molar-refractivity contribution is 5.97. The smallest absolute Gasteiger partial charge is 0.254 e. The Hall–Kier alpha value is -2.64. The van der Waals surface area contributed by atoms with Crippen LogP contribution in [0.3, 0.4) is 0 Å². The number of hydrogen-bond donors (Lipinski definition) is 3. The fourth-order valence-electron chi connectivity index (χ4n) is 1.93. The number of aromatic nitrogens is 4. The van der Waals surface area contributed by atoms with Gasteiger partial charge in [0.1, 0.15) is 5.82 Å². The standard InChI is InChI=1S/C13H17N7O/c1-20-7-9(5-17-20)18-13-16-6-10(11(14)21)12(19-13)15-4-8-2-3-8/h5-8H,2-4H2,1H3,(H2,14,21)(H2,15,16,18,19). The molecule has 1 saturated carbocycles. The number of nitrogens with two attached hydrogens (primary N) is 1. The van der Waals surface area contributed by atoms with Crippen molar-refractivity contribution in [1.82, 2.24) is 19.7 Å². The lowest BCUT2D eigenvalue weighted by Gasteiger charge is -2.10. The lowest BCUT2D eigenvalue weighted by molar-refractivity contribution is 0.100. The van der Waals surface area contributed by atoms with Gasteiger partial charge in [0.15, 0.2) is 0 Å². The molecule has 4 N–H and O–H groups in total. The van der Waals surface area contributed by atoms with Crippen molar-refractivity contribution in [2.75, 3.05) is 17.2 Å². The fraction of sp³-hybridized carbons (Fsp3) is 0.385. The first-order valence-electron chi connectivity index (χ1n) is 6.78. The van der Waals surface area contributed by atoms with Crippen LogP contribution in [0.4, 0.5) is 17.5 Å². The van der Waals surface area contributed by atoms with E-state index in [2.05, 4.69) is 25.7 Å². The number of rotatable bonds is 6. The van der Waals surface area contributed by atoms with E-state index in [4.69, 9.17) is 5.73 Å². The number of carbonyl (C=O) groups is 1. The monoisotopic (exact) mass is 287 g/mol. The van der Waals surface area contributed by atoms with Crippen LogP contribution in [0.2, 0.25) is 0 Å². The van der Waals surface area contributed by atoms with E-state index < -0.39 is 5.91 Å². The number of nitrogens with one attached hydrogen (secondary N) is 2. The maximum atomic E-state index is 11.4. The molecule has 3 rings (SSSR count). The molecule has 0 aromatic carbocycles. The number of nitrogens with zero attached hydrogens (tertiary/aromatic N) is 4. The van der Waals surface area contributed by atoms with Gasteiger partial charge in [0, 0.05) is 26.0 Å². The molecular formula is C13H17N7O. The lowest BCUT2D eigenvalue weighted by atomic mass is 10.3. The summed E-state index contributed by atoms with van der Waals surface area (Å²) >= 11 is 0. The van der Waals surface area contributed by atoms with Gasteiger partial charge < -0.3 is 16.4 Å². The average molecular weight is 287 g/mol. The maximum absolute atomic E-state index is 11.4. The minimum atomic E-state index is -0.541. The molecule has 1 aliphatic rings. The Labute approximate surface area is 121 Å². The number of aryl methyl sites for hydroxylation is 1. The molecule has 1 fully saturated rings. The van der Waals surface area contributed by atoms with Crippen LogP contribution in [0, 0.1) is 5.92 Å². The molecule has 0 bridgehead atoms. The van der Waals surface area contributed by atoms with Crippen molar-refractivity contribution >= 4 is 23.4 Å². The summed E-state index contributed by atoms with van der Waals surface area (Å²) in [6.07, 6.45) is 7.34. The summed E-state index contributed by atoms with van der Waals surface area (Å²) in [5.74, 6) is 0.985. The molecule has 21 heavy (non-hydrogen) atoms. The van der Waals surface area contributed by atoms with Crippen LogP contribution in [0.25, 0.3) is 0 Å². The Bertz CT molecular complexity index is 662. The zero-order chi connectivity index (χ0) is 14.8. The van der Waals surface area contributed by atoms with Crippen LogP contribution in [0.1, 0.15) is 23.2 Å². The van der Waals surface area contributed by atoms with Gasteiger partial charge in [-0.2, -0.15) is 10.1 Å². The van der Waals surface area contributed by atoms with Crippen molar-refractivity contribution in [3.63, 3.8) is 0 Å². The first kappa shape index (κ1) is 13.3. The Morgan fingerprint density at radius 3 is 2.90 bits per heavy atom. The van der Waals surface area contributed by atoms with E-state index in [-0.39, 0.29) is 0 Å². The summed E-state index contributed by atoms with van der Waals surface area (Å²) in [6, 6.07) is 0. The van der Waals surface area contributed by atoms with E-state index in [1.165, 1.54) is 19.0 Å². The zero-order valence-corrected chi connectivity index (χ0v) is 11.7. The van der Waals surface area contributed by atoms with Crippen LogP contribution in [-0.2, 0) is 7.05 Å². The van der Waals surface area contributed by atoms with Crippen molar-refractivity contribution in [3.8, 4) is 0 Å². The third-order valence-corrected chi connectivity index (χ3v) is 3.27. The summed E-state index contributed by atoms with van der Waals surface area (Å²) in [5, 5.41) is 10.3. The van der Waals surface area contributed by atoms with Gasteiger partial charge in [-0.3, -0.25) is 9.48 Å². The summed E-state index contributed by atoms with van der Waals surface area (Å²) in [5.41, 5.74) is 6.42. The zero-order valence-electron chi connectivity index (χ0n) is 11.7. The molecule has 0 saturated heterocycles. The van der Waals surface area contributed by atoms with Gasteiger partial charge in [0.05, 0.1) is 17.4 Å². The van der Waals surface area contributed by atoms with Gasteiger partial charge >= 0.3 is 0 Å². The second kappa shape index (κ2) is 5.39. The van der Waals surface area contributed by atoms with E-state index in [9.17, 15) is 4.79 Å². The second-order valence-electron chi connectivity index (χ2n) is 5.17. The maximum Gasteiger partial charge on any atom is 0.254 e. The van der Waals surface area contributed by atoms with Crippen LogP contribution < -0.4 is 16.4 Å². The Morgan fingerprint density at radius 1 is 1.48 bits per heavy atom. The first-order chi connectivity index (χ1) is 10.1. The average Bonchev–Trinajstić information content (AvgIpc) is 3.19. The third kappa shape index (κ3) is 3.28. The Kier molecular flexibility index (Phi) is 3.43. The molecule has 2 aromatic heterocycles. The normalized spacial score (nSPS) is 14.0. The highest BCUT2D eigenvalue weighted by Crippen LogP contribution is 2.29. The minimum absolute atomic E-state index is 0.299. The molecule has 8 heteroatoms. The highest BCUT2D eigenvalue weighted by Gasteiger charge is 2.22. The number of hydrogen-bond acceptors (Lipinski definition) is 6. The number of anilines is 3. The Balaban J connectivity index is 1.80. The van der Waals surface area contributed by atoms with Crippen molar-refractivity contribution in [2.45, 2.75) is 12.8 Å². The van der Waals surface area contributed by atoms with Crippen LogP contribution >= 0.6 is 0 Å². The first-order valence-corrected chi connectivity index (χ1v) is 6.78. The molecule has 8 nitrogen and oxygen atoms in total. The van der Waals surface area contributed by atoms with Gasteiger partial charge in [-0.1, -0.05) is 0 Å². The van der Waals surface area contributed by atoms with Crippen molar-refractivity contribution in [3.05, 3.63) is 24.2 Å². The summed E-state index contributed by atoms with van der Waals surface area (Å²) in [7, 11) is 1.82. The van der Waals surface area contributed by atoms with Crippen molar-refractivity contribution in [2.24, 2.45) is 18.7 Å². The molecule has 2 aromatic rings. The van der Waals surface area contributed by atoms with Crippen LogP contribution in [0.5, 0.6) is 0 Å². The molecule has 0 atom stereocenters. The quantitative estimate of drug-likeness (QED) is 0.727. The molecule has 1 amide bonds. The minimum Gasteiger partial charge on any atom is -0.369 e. The topological polar surface area (TPSA) is 111 Å². The highest BCUT2D eigenvalue weighted by atomic mass is 16.1. The second-order valence-corrected chi connectivity index (χ2v) is 5.17. The number of primary amides is 1. The molecule has 0 spiro atoms. The predicted molar refractivity (Wildman–Crippen MR) is 78.3 cm³/mol. The SMILES string of the molecule is Cn1cc(Nc2ncc(C(N)=O)c(NCC3CC3)n2)cn1. The predicted octanol–water partition coefficient (Wildman–Crippen LogP) is 0.874. The molecule has 0 radical (unpaired) electrons. The van der Waals surface area contributed by atoms with Gasteiger partial charge in [0.25, 0.3) is 5.91 Å². The fourth-order valence-corrected chi connectivity index (χ4v) is 1.93. The van der Waals surface area contributed by atoms with Gasteiger partial charge in [-0.25, -0.2) is 4.98 Å². The van der Waals surface area contributed by atoms with E-state index >= 15 is 0 Å².